The molecule has 28 heavy (non-hydrogen) atoms. The Morgan fingerprint density at radius 1 is 1.18 bits per heavy atom. The average Bonchev–Trinajstić information content (AvgIpc) is 2.64. The van der Waals surface area contributed by atoms with Crippen molar-refractivity contribution in [1.82, 2.24) is 5.32 Å². The number of hydrogen-bond donors (Lipinski definition) is 1. The van der Waals surface area contributed by atoms with Crippen LogP contribution in [0, 0.1) is 6.92 Å². The summed E-state index contributed by atoms with van der Waals surface area (Å²) in [6, 6.07) is 9.65. The molecule has 2 aromatic rings. The van der Waals surface area contributed by atoms with Gasteiger partial charge in [0.1, 0.15) is 6.54 Å². The lowest BCUT2D eigenvalue weighted by atomic mass is 10.2. The topological polar surface area (TPSA) is 66.5 Å². The molecule has 0 fully saturated rings. The average molecular weight is 412 g/mol. The highest BCUT2D eigenvalue weighted by Gasteiger charge is 2.33. The molecule has 0 heterocycles. The van der Waals surface area contributed by atoms with Gasteiger partial charge in [0.2, 0.25) is 5.91 Å². The molecule has 2 aromatic carbocycles. The van der Waals surface area contributed by atoms with E-state index in [1.165, 1.54) is 24.3 Å². The van der Waals surface area contributed by atoms with Gasteiger partial charge >= 0.3 is 6.18 Å². The molecule has 0 radical (unpaired) electrons. The van der Waals surface area contributed by atoms with Crippen molar-refractivity contribution in [2.24, 2.45) is 0 Å². The minimum Gasteiger partial charge on any atom is -0.351 e. The van der Waals surface area contributed by atoms with E-state index >= 15 is 0 Å². The fourth-order valence-electron chi connectivity index (χ4n) is 2.36. The zero-order valence-electron chi connectivity index (χ0n) is 15.0. The third kappa shape index (κ3) is 5.13. The number of carbonyl (C=O) groups excluding carboxylic acids is 1. The number of amides is 1. The maximum absolute atomic E-state index is 13.1. The zero-order valence-corrected chi connectivity index (χ0v) is 15.8. The Morgan fingerprint density at radius 3 is 2.39 bits per heavy atom. The first-order chi connectivity index (χ1) is 13.1. The van der Waals surface area contributed by atoms with Crippen LogP contribution >= 0.6 is 0 Å². The Morgan fingerprint density at radius 2 is 1.82 bits per heavy atom. The molecule has 1 amide bonds. The molecule has 150 valence electrons. The lowest BCUT2D eigenvalue weighted by molar-refractivity contribution is -0.137. The first-order valence-corrected chi connectivity index (χ1v) is 9.64. The lowest BCUT2D eigenvalue weighted by Gasteiger charge is -2.25. The molecular weight excluding hydrogens is 393 g/mol. The monoisotopic (exact) mass is 412 g/mol. The number of carbonyl (C=O) groups is 1. The van der Waals surface area contributed by atoms with Gasteiger partial charge in [-0.3, -0.25) is 9.10 Å². The van der Waals surface area contributed by atoms with Crippen LogP contribution in [0.2, 0.25) is 0 Å². The van der Waals surface area contributed by atoms with Crippen molar-refractivity contribution in [3.05, 3.63) is 72.3 Å². The molecule has 0 bridgehead atoms. The number of halogens is 3. The van der Waals surface area contributed by atoms with Crippen LogP contribution in [0.25, 0.3) is 0 Å². The van der Waals surface area contributed by atoms with E-state index in [2.05, 4.69) is 11.9 Å². The second-order valence-corrected chi connectivity index (χ2v) is 7.83. The third-order valence-electron chi connectivity index (χ3n) is 3.80. The SMILES string of the molecule is C=CCNC(=O)CN(c1cccc(C(F)(F)F)c1)S(=O)(=O)c1ccc(C)cc1. The molecule has 0 aromatic heterocycles. The summed E-state index contributed by atoms with van der Waals surface area (Å²) >= 11 is 0. The van der Waals surface area contributed by atoms with Gasteiger partial charge < -0.3 is 5.32 Å². The summed E-state index contributed by atoms with van der Waals surface area (Å²) in [5, 5.41) is 2.42. The summed E-state index contributed by atoms with van der Waals surface area (Å²) < 4.78 is 66.0. The number of alkyl halides is 3. The lowest BCUT2D eigenvalue weighted by Crippen LogP contribution is -2.41. The van der Waals surface area contributed by atoms with Crippen LogP contribution in [-0.2, 0) is 21.0 Å². The standard InChI is InChI=1S/C19H19F3N2O3S/c1-3-11-23-18(25)13-24(16-6-4-5-15(12-16)19(20,21)22)28(26,27)17-9-7-14(2)8-10-17/h3-10,12H,1,11,13H2,2H3,(H,23,25). The van der Waals surface area contributed by atoms with E-state index in [-0.39, 0.29) is 17.1 Å². The number of nitrogens with zero attached hydrogens (tertiary/aromatic N) is 1. The normalized spacial score (nSPS) is 11.7. The van der Waals surface area contributed by atoms with Gasteiger partial charge in [0.15, 0.2) is 0 Å². The quantitative estimate of drug-likeness (QED) is 0.708. The highest BCUT2D eigenvalue weighted by molar-refractivity contribution is 7.92. The Balaban J connectivity index is 2.52. The Labute approximate surface area is 161 Å². The predicted molar refractivity (Wildman–Crippen MR) is 100 cm³/mol. The Kier molecular flexibility index (Phi) is 6.50. The molecule has 0 saturated carbocycles. The van der Waals surface area contributed by atoms with Crippen LogP contribution in [0.3, 0.4) is 0 Å². The van der Waals surface area contributed by atoms with Gasteiger partial charge in [-0.2, -0.15) is 13.2 Å². The molecule has 0 aliphatic heterocycles. The minimum atomic E-state index is -4.65. The molecular formula is C19H19F3N2O3S. The minimum absolute atomic E-state index is 0.0971. The molecule has 0 saturated heterocycles. The number of nitrogens with one attached hydrogen (secondary N) is 1. The summed E-state index contributed by atoms with van der Waals surface area (Å²) in [6.45, 7) is 4.63. The summed E-state index contributed by atoms with van der Waals surface area (Å²) in [5.41, 5.74) is -0.460. The van der Waals surface area contributed by atoms with Gasteiger partial charge in [0.05, 0.1) is 16.1 Å². The van der Waals surface area contributed by atoms with E-state index in [9.17, 15) is 26.4 Å². The number of hydrogen-bond acceptors (Lipinski definition) is 3. The number of anilines is 1. The van der Waals surface area contributed by atoms with Gasteiger partial charge in [-0.05, 0) is 37.3 Å². The van der Waals surface area contributed by atoms with E-state index in [1.54, 1.807) is 19.1 Å². The van der Waals surface area contributed by atoms with Crippen LogP contribution in [0.15, 0.2) is 66.1 Å². The summed E-state index contributed by atoms with van der Waals surface area (Å²) in [5.74, 6) is -0.673. The number of benzene rings is 2. The molecule has 0 aliphatic carbocycles. The molecule has 0 unspecified atom stereocenters. The van der Waals surface area contributed by atoms with Crippen molar-refractivity contribution in [2.45, 2.75) is 18.0 Å². The first-order valence-electron chi connectivity index (χ1n) is 8.20. The van der Waals surface area contributed by atoms with Crippen molar-refractivity contribution in [2.75, 3.05) is 17.4 Å². The van der Waals surface area contributed by atoms with Crippen LogP contribution in [0.1, 0.15) is 11.1 Å². The molecule has 5 nitrogen and oxygen atoms in total. The van der Waals surface area contributed by atoms with Gasteiger partial charge in [0.25, 0.3) is 10.0 Å². The number of aryl methyl sites for hydroxylation is 1. The predicted octanol–water partition coefficient (Wildman–Crippen LogP) is 3.51. The van der Waals surface area contributed by atoms with Crippen molar-refractivity contribution < 1.29 is 26.4 Å². The van der Waals surface area contributed by atoms with E-state index < -0.39 is 34.2 Å². The molecule has 1 N–H and O–H groups in total. The molecule has 0 aliphatic rings. The molecule has 2 rings (SSSR count). The van der Waals surface area contributed by atoms with Crippen LogP contribution in [0.5, 0.6) is 0 Å². The molecule has 0 spiro atoms. The number of rotatable bonds is 7. The summed E-state index contributed by atoms with van der Waals surface area (Å²) in [6.07, 6.45) is -3.25. The Hall–Kier alpha value is -2.81. The van der Waals surface area contributed by atoms with Crippen LogP contribution < -0.4 is 9.62 Å². The van der Waals surface area contributed by atoms with Crippen molar-refractivity contribution in [3.63, 3.8) is 0 Å². The maximum Gasteiger partial charge on any atom is 0.416 e. The molecule has 9 heteroatoms. The largest absolute Gasteiger partial charge is 0.416 e. The van der Waals surface area contributed by atoms with Gasteiger partial charge in [-0.15, -0.1) is 6.58 Å². The summed E-state index contributed by atoms with van der Waals surface area (Å²) in [4.78, 5) is 12.0. The fraction of sp³-hybridized carbons (Fsp3) is 0.211. The van der Waals surface area contributed by atoms with Crippen molar-refractivity contribution >= 4 is 21.6 Å². The van der Waals surface area contributed by atoms with Gasteiger partial charge in [-0.1, -0.05) is 29.8 Å². The maximum atomic E-state index is 13.1. The van der Waals surface area contributed by atoms with E-state index in [0.29, 0.717) is 10.4 Å². The van der Waals surface area contributed by atoms with Gasteiger partial charge in [0, 0.05) is 6.54 Å². The second kappa shape index (κ2) is 8.47. The van der Waals surface area contributed by atoms with Crippen molar-refractivity contribution in [3.8, 4) is 0 Å². The second-order valence-electron chi connectivity index (χ2n) is 5.97. The highest BCUT2D eigenvalue weighted by Crippen LogP contribution is 2.33. The van der Waals surface area contributed by atoms with Crippen LogP contribution in [-0.4, -0.2) is 27.4 Å². The first kappa shape index (κ1) is 21.5. The Bertz CT molecular complexity index is 955. The van der Waals surface area contributed by atoms with Crippen LogP contribution in [0.4, 0.5) is 18.9 Å². The van der Waals surface area contributed by atoms with Gasteiger partial charge in [-0.25, -0.2) is 8.42 Å². The van der Waals surface area contributed by atoms with E-state index in [4.69, 9.17) is 0 Å². The third-order valence-corrected chi connectivity index (χ3v) is 5.59. The smallest absolute Gasteiger partial charge is 0.351 e. The van der Waals surface area contributed by atoms with E-state index in [1.807, 2.05) is 0 Å². The zero-order chi connectivity index (χ0) is 20.9. The van der Waals surface area contributed by atoms with E-state index in [0.717, 1.165) is 17.7 Å². The highest BCUT2D eigenvalue weighted by atomic mass is 32.2. The number of sulfonamides is 1. The molecule has 0 atom stereocenters. The van der Waals surface area contributed by atoms with Crippen molar-refractivity contribution in [1.29, 1.82) is 0 Å². The summed E-state index contributed by atoms with van der Waals surface area (Å²) in [7, 11) is -4.27. The fourth-order valence-corrected chi connectivity index (χ4v) is 3.78.